The molecule has 2 aliphatic rings. The summed E-state index contributed by atoms with van der Waals surface area (Å²) in [6, 6.07) is 0.378. The van der Waals surface area contributed by atoms with Crippen molar-refractivity contribution in [1.29, 1.82) is 0 Å². The van der Waals surface area contributed by atoms with E-state index in [0.717, 1.165) is 26.1 Å². The van der Waals surface area contributed by atoms with Crippen LogP contribution >= 0.6 is 0 Å². The fraction of sp³-hybridized carbons (Fsp3) is 0.900. The molecule has 2 aliphatic heterocycles. The fourth-order valence-corrected chi connectivity index (χ4v) is 2.50. The van der Waals surface area contributed by atoms with E-state index in [1.165, 1.54) is 6.42 Å². The largest absolute Gasteiger partial charge is 0.450 e. The number of nitrogens with one attached hydrogen (secondary N) is 1. The second kappa shape index (κ2) is 4.17. The van der Waals surface area contributed by atoms with E-state index in [4.69, 9.17) is 4.74 Å². The Balaban J connectivity index is 1.99. The van der Waals surface area contributed by atoms with Crippen LogP contribution in [0.25, 0.3) is 0 Å². The minimum absolute atomic E-state index is 0.133. The molecule has 0 aromatic heterocycles. The summed E-state index contributed by atoms with van der Waals surface area (Å²) >= 11 is 0. The molecular formula is C10H18N2O2. The highest BCUT2D eigenvalue weighted by Crippen LogP contribution is 2.26. The van der Waals surface area contributed by atoms with Crippen LogP contribution in [0.1, 0.15) is 19.8 Å². The second-order valence-corrected chi connectivity index (χ2v) is 4.02. The second-order valence-electron chi connectivity index (χ2n) is 4.02. The van der Waals surface area contributed by atoms with E-state index in [-0.39, 0.29) is 6.09 Å². The lowest BCUT2D eigenvalue weighted by Gasteiger charge is -2.35. The Bertz CT molecular complexity index is 220. The molecule has 1 unspecified atom stereocenters. The van der Waals surface area contributed by atoms with Gasteiger partial charge in [0.05, 0.1) is 12.6 Å². The van der Waals surface area contributed by atoms with Crippen molar-refractivity contribution in [2.24, 2.45) is 5.92 Å². The lowest BCUT2D eigenvalue weighted by molar-refractivity contribution is 0.0694. The topological polar surface area (TPSA) is 41.6 Å². The fourth-order valence-electron chi connectivity index (χ4n) is 2.50. The first-order valence-corrected chi connectivity index (χ1v) is 5.47. The van der Waals surface area contributed by atoms with E-state index < -0.39 is 0 Å². The number of carbonyl (C=O) groups is 1. The smallest absolute Gasteiger partial charge is 0.410 e. The van der Waals surface area contributed by atoms with Gasteiger partial charge in [-0.15, -0.1) is 0 Å². The van der Waals surface area contributed by atoms with Crippen LogP contribution in [0.2, 0.25) is 0 Å². The zero-order valence-corrected chi connectivity index (χ0v) is 8.66. The molecule has 2 heterocycles. The van der Waals surface area contributed by atoms with Crippen LogP contribution < -0.4 is 5.32 Å². The van der Waals surface area contributed by atoms with Gasteiger partial charge in [-0.3, -0.25) is 0 Å². The minimum atomic E-state index is -0.133. The summed E-state index contributed by atoms with van der Waals surface area (Å²) in [4.78, 5) is 13.5. The number of carbonyl (C=O) groups excluding carboxylic acids is 1. The summed E-state index contributed by atoms with van der Waals surface area (Å²) in [6.45, 7) is 5.18. The number of hydrogen-bond donors (Lipinski definition) is 1. The molecule has 1 amide bonds. The van der Waals surface area contributed by atoms with Gasteiger partial charge in [0.25, 0.3) is 0 Å². The van der Waals surface area contributed by atoms with Gasteiger partial charge in [0.2, 0.25) is 0 Å². The summed E-state index contributed by atoms with van der Waals surface area (Å²) < 4.78 is 5.05. The van der Waals surface area contributed by atoms with Crippen molar-refractivity contribution in [2.45, 2.75) is 25.8 Å². The van der Waals surface area contributed by atoms with Gasteiger partial charge >= 0.3 is 6.09 Å². The molecule has 14 heavy (non-hydrogen) atoms. The van der Waals surface area contributed by atoms with Crippen molar-refractivity contribution in [2.75, 3.05) is 26.2 Å². The maximum atomic E-state index is 11.6. The number of amides is 1. The first-order chi connectivity index (χ1) is 6.83. The number of rotatable bonds is 1. The molecule has 0 aromatic rings. The SMILES string of the molecule is CCOC(=O)N1CCC[C@H]2CNCC21. The predicted molar refractivity (Wildman–Crippen MR) is 53.1 cm³/mol. The Labute approximate surface area is 84.6 Å². The molecule has 0 aromatic carbocycles. The quantitative estimate of drug-likeness (QED) is 0.678. The number of hydrogen-bond acceptors (Lipinski definition) is 3. The molecule has 2 atom stereocenters. The van der Waals surface area contributed by atoms with Gasteiger partial charge in [0, 0.05) is 19.6 Å². The van der Waals surface area contributed by atoms with Crippen LogP contribution in [-0.4, -0.2) is 43.3 Å². The Kier molecular flexibility index (Phi) is 2.91. The van der Waals surface area contributed by atoms with Crippen LogP contribution in [0.5, 0.6) is 0 Å². The summed E-state index contributed by atoms with van der Waals surface area (Å²) in [6.07, 6.45) is 2.22. The third-order valence-corrected chi connectivity index (χ3v) is 3.18. The number of ether oxygens (including phenoxy) is 1. The molecule has 0 spiro atoms. The summed E-state index contributed by atoms with van der Waals surface area (Å²) in [7, 11) is 0. The third kappa shape index (κ3) is 1.71. The van der Waals surface area contributed by atoms with E-state index in [1.54, 1.807) is 0 Å². The molecular weight excluding hydrogens is 180 g/mol. The average Bonchev–Trinajstić information content (AvgIpc) is 2.65. The maximum Gasteiger partial charge on any atom is 0.410 e. The van der Waals surface area contributed by atoms with Gasteiger partial charge in [0.1, 0.15) is 0 Å². The van der Waals surface area contributed by atoms with Gasteiger partial charge in [-0.05, 0) is 25.7 Å². The zero-order valence-electron chi connectivity index (χ0n) is 8.66. The molecule has 4 nitrogen and oxygen atoms in total. The molecule has 1 N–H and O–H groups in total. The van der Waals surface area contributed by atoms with E-state index in [0.29, 0.717) is 18.6 Å². The van der Waals surface area contributed by atoms with Crippen molar-refractivity contribution in [3.8, 4) is 0 Å². The van der Waals surface area contributed by atoms with Crippen molar-refractivity contribution in [3.63, 3.8) is 0 Å². The first-order valence-electron chi connectivity index (χ1n) is 5.47. The van der Waals surface area contributed by atoms with Gasteiger partial charge in [-0.25, -0.2) is 4.79 Å². The van der Waals surface area contributed by atoms with Crippen LogP contribution in [0, 0.1) is 5.92 Å². The molecule has 0 bridgehead atoms. The maximum absolute atomic E-state index is 11.6. The van der Waals surface area contributed by atoms with Gasteiger partial charge in [0.15, 0.2) is 0 Å². The Morgan fingerprint density at radius 1 is 1.57 bits per heavy atom. The lowest BCUT2D eigenvalue weighted by Crippen LogP contribution is -2.48. The first kappa shape index (κ1) is 9.77. The van der Waals surface area contributed by atoms with Gasteiger partial charge in [-0.1, -0.05) is 0 Å². The zero-order chi connectivity index (χ0) is 9.97. The third-order valence-electron chi connectivity index (χ3n) is 3.18. The summed E-state index contributed by atoms with van der Waals surface area (Å²) in [5.41, 5.74) is 0. The number of fused-ring (bicyclic) bond motifs is 1. The van der Waals surface area contributed by atoms with E-state index in [2.05, 4.69) is 5.32 Å². The van der Waals surface area contributed by atoms with Crippen LogP contribution in [0.4, 0.5) is 4.79 Å². The van der Waals surface area contributed by atoms with Crippen molar-refractivity contribution < 1.29 is 9.53 Å². The number of nitrogens with zero attached hydrogens (tertiary/aromatic N) is 1. The molecule has 2 fully saturated rings. The molecule has 80 valence electrons. The monoisotopic (exact) mass is 198 g/mol. The van der Waals surface area contributed by atoms with Crippen LogP contribution in [0.15, 0.2) is 0 Å². The van der Waals surface area contributed by atoms with Crippen LogP contribution in [0.3, 0.4) is 0 Å². The highest BCUT2D eigenvalue weighted by Gasteiger charge is 2.37. The number of piperidine rings is 1. The molecule has 0 saturated carbocycles. The number of likely N-dealkylation sites (tertiary alicyclic amines) is 1. The lowest BCUT2D eigenvalue weighted by atomic mass is 9.92. The highest BCUT2D eigenvalue weighted by atomic mass is 16.6. The molecule has 0 aliphatic carbocycles. The summed E-state index contributed by atoms with van der Waals surface area (Å²) in [5, 5.41) is 3.34. The normalized spacial score (nSPS) is 31.4. The van der Waals surface area contributed by atoms with Crippen molar-refractivity contribution >= 4 is 6.09 Å². The van der Waals surface area contributed by atoms with Crippen molar-refractivity contribution in [1.82, 2.24) is 10.2 Å². The standard InChI is InChI=1S/C10H18N2O2/c1-2-14-10(13)12-5-3-4-8-6-11-7-9(8)12/h8-9,11H,2-7H2,1H3/t8-,9?/m0/s1. The van der Waals surface area contributed by atoms with E-state index in [1.807, 2.05) is 11.8 Å². The molecule has 2 rings (SSSR count). The van der Waals surface area contributed by atoms with E-state index in [9.17, 15) is 4.79 Å². The predicted octanol–water partition coefficient (Wildman–Crippen LogP) is 0.827. The Morgan fingerprint density at radius 3 is 3.21 bits per heavy atom. The molecule has 0 radical (unpaired) electrons. The Hall–Kier alpha value is -0.770. The average molecular weight is 198 g/mol. The van der Waals surface area contributed by atoms with E-state index >= 15 is 0 Å². The molecule has 2 saturated heterocycles. The van der Waals surface area contributed by atoms with Gasteiger partial charge in [-0.2, -0.15) is 0 Å². The van der Waals surface area contributed by atoms with Crippen molar-refractivity contribution in [3.05, 3.63) is 0 Å². The molecule has 4 heteroatoms. The van der Waals surface area contributed by atoms with Crippen LogP contribution in [-0.2, 0) is 4.74 Å². The summed E-state index contributed by atoms with van der Waals surface area (Å²) in [5.74, 6) is 0.646. The highest BCUT2D eigenvalue weighted by molar-refractivity contribution is 5.68. The van der Waals surface area contributed by atoms with Gasteiger partial charge < -0.3 is 15.0 Å². The Morgan fingerprint density at radius 2 is 2.43 bits per heavy atom. The minimum Gasteiger partial charge on any atom is -0.450 e.